The molecule has 1 aromatic rings. The van der Waals surface area contributed by atoms with Crippen LogP contribution in [0, 0.1) is 5.82 Å². The lowest BCUT2D eigenvalue weighted by Crippen LogP contribution is -2.55. The fourth-order valence-electron chi connectivity index (χ4n) is 3.39. The van der Waals surface area contributed by atoms with E-state index >= 15 is 0 Å². The first-order valence-electron chi connectivity index (χ1n) is 8.00. The van der Waals surface area contributed by atoms with Gasteiger partial charge in [-0.05, 0) is 30.5 Å². The van der Waals surface area contributed by atoms with Crippen LogP contribution in [0.15, 0.2) is 24.3 Å². The third-order valence-corrected chi connectivity index (χ3v) is 4.86. The van der Waals surface area contributed by atoms with E-state index in [1.54, 1.807) is 17.0 Å². The Kier molecular flexibility index (Phi) is 4.66. The van der Waals surface area contributed by atoms with Crippen LogP contribution >= 0.6 is 0 Å². The monoisotopic (exact) mass is 323 g/mol. The van der Waals surface area contributed by atoms with Crippen molar-refractivity contribution in [3.8, 4) is 0 Å². The van der Waals surface area contributed by atoms with Crippen molar-refractivity contribution in [1.82, 2.24) is 4.90 Å². The van der Waals surface area contributed by atoms with E-state index in [1.165, 1.54) is 12.1 Å². The van der Waals surface area contributed by atoms with Crippen molar-refractivity contribution in [2.24, 2.45) is 0 Å². The molecular weight excluding hydrogens is 301 g/mol. The summed E-state index contributed by atoms with van der Waals surface area (Å²) >= 11 is 0. The van der Waals surface area contributed by atoms with Gasteiger partial charge >= 0.3 is 0 Å². The summed E-state index contributed by atoms with van der Waals surface area (Å²) in [5.41, 5.74) is 0.233. The first-order chi connectivity index (χ1) is 11.0. The van der Waals surface area contributed by atoms with E-state index in [2.05, 4.69) is 0 Å². The maximum Gasteiger partial charge on any atom is 0.226 e. The Labute approximate surface area is 134 Å². The summed E-state index contributed by atoms with van der Waals surface area (Å²) in [5, 5.41) is 19.4. The van der Waals surface area contributed by atoms with Gasteiger partial charge in [-0.25, -0.2) is 4.39 Å². The van der Waals surface area contributed by atoms with E-state index in [9.17, 15) is 19.4 Å². The first-order valence-corrected chi connectivity index (χ1v) is 8.00. The largest absolute Gasteiger partial charge is 0.390 e. The highest BCUT2D eigenvalue weighted by Crippen LogP contribution is 2.35. The van der Waals surface area contributed by atoms with Crippen molar-refractivity contribution < 1.29 is 24.1 Å². The molecule has 2 fully saturated rings. The fourth-order valence-corrected chi connectivity index (χ4v) is 3.39. The molecule has 2 saturated heterocycles. The predicted molar refractivity (Wildman–Crippen MR) is 81.2 cm³/mol. The summed E-state index contributed by atoms with van der Waals surface area (Å²) in [6.07, 6.45) is 0.288. The Bertz CT molecular complexity index is 571. The topological polar surface area (TPSA) is 70.0 Å². The van der Waals surface area contributed by atoms with Crippen LogP contribution in [-0.4, -0.2) is 58.5 Å². The number of benzene rings is 1. The zero-order valence-corrected chi connectivity index (χ0v) is 12.9. The minimum absolute atomic E-state index is 0.0261. The summed E-state index contributed by atoms with van der Waals surface area (Å²) in [6.45, 7) is 1.24. The maximum absolute atomic E-state index is 13.2. The van der Waals surface area contributed by atoms with Gasteiger partial charge < -0.3 is 19.8 Å². The molecule has 23 heavy (non-hydrogen) atoms. The van der Waals surface area contributed by atoms with Crippen molar-refractivity contribution in [3.63, 3.8) is 0 Å². The van der Waals surface area contributed by atoms with Crippen LogP contribution in [-0.2, 0) is 16.0 Å². The van der Waals surface area contributed by atoms with Gasteiger partial charge in [0.2, 0.25) is 5.91 Å². The Hall–Kier alpha value is -1.50. The zero-order chi connectivity index (χ0) is 16.4. The number of halogens is 1. The van der Waals surface area contributed by atoms with Gasteiger partial charge in [0, 0.05) is 19.5 Å². The molecule has 0 aliphatic carbocycles. The van der Waals surface area contributed by atoms with Gasteiger partial charge in [0.05, 0.1) is 24.7 Å². The predicted octanol–water partition coefficient (Wildman–Crippen LogP) is 0.871. The molecule has 2 heterocycles. The molecule has 1 spiro atoms. The molecule has 1 aromatic carbocycles. The Morgan fingerprint density at radius 2 is 2.04 bits per heavy atom. The molecule has 1 amide bonds. The second-order valence-corrected chi connectivity index (χ2v) is 6.52. The van der Waals surface area contributed by atoms with Crippen molar-refractivity contribution in [3.05, 3.63) is 35.6 Å². The number of amides is 1. The van der Waals surface area contributed by atoms with Crippen molar-refractivity contribution >= 4 is 5.91 Å². The normalized spacial score (nSPS) is 27.2. The molecule has 0 saturated carbocycles. The number of hydrogen-bond donors (Lipinski definition) is 2. The van der Waals surface area contributed by atoms with Gasteiger partial charge in [0.15, 0.2) is 0 Å². The Balaban J connectivity index is 1.55. The highest BCUT2D eigenvalue weighted by molar-refractivity contribution is 5.78. The molecular formula is C17H22FNO4. The second kappa shape index (κ2) is 6.55. The van der Waals surface area contributed by atoms with Crippen molar-refractivity contribution in [1.29, 1.82) is 0 Å². The lowest BCUT2D eigenvalue weighted by atomic mass is 9.82. The number of nitrogens with zero attached hydrogens (tertiary/aromatic N) is 1. The van der Waals surface area contributed by atoms with E-state index in [0.717, 1.165) is 0 Å². The van der Waals surface area contributed by atoms with Gasteiger partial charge in [-0.1, -0.05) is 12.1 Å². The van der Waals surface area contributed by atoms with Crippen LogP contribution in [0.5, 0.6) is 0 Å². The number of likely N-dealkylation sites (tertiary alicyclic amines) is 1. The van der Waals surface area contributed by atoms with Gasteiger partial charge in [-0.15, -0.1) is 0 Å². The lowest BCUT2D eigenvalue weighted by Gasteiger charge is -2.46. The van der Waals surface area contributed by atoms with E-state index < -0.39 is 17.8 Å². The van der Waals surface area contributed by atoms with Gasteiger partial charge in [-0.3, -0.25) is 4.79 Å². The van der Waals surface area contributed by atoms with E-state index in [0.29, 0.717) is 37.9 Å². The molecule has 2 N–H and O–H groups in total. The van der Waals surface area contributed by atoms with Gasteiger partial charge in [0.25, 0.3) is 0 Å². The highest BCUT2D eigenvalue weighted by atomic mass is 19.1. The lowest BCUT2D eigenvalue weighted by molar-refractivity contribution is -0.188. The third kappa shape index (κ3) is 3.71. The van der Waals surface area contributed by atoms with E-state index in [1.807, 2.05) is 0 Å². The Morgan fingerprint density at radius 1 is 1.30 bits per heavy atom. The minimum Gasteiger partial charge on any atom is -0.390 e. The van der Waals surface area contributed by atoms with E-state index in [4.69, 9.17) is 4.74 Å². The average Bonchev–Trinajstić information content (AvgIpc) is 2.52. The third-order valence-electron chi connectivity index (χ3n) is 4.86. The fraction of sp³-hybridized carbons (Fsp3) is 0.588. The molecule has 5 nitrogen and oxygen atoms in total. The molecule has 2 aliphatic rings. The number of rotatable bonds is 2. The van der Waals surface area contributed by atoms with Crippen LogP contribution < -0.4 is 0 Å². The number of carbonyl (C=O) groups is 1. The summed E-state index contributed by atoms with van der Waals surface area (Å²) in [7, 11) is 0. The minimum atomic E-state index is -0.826. The number of carbonyl (C=O) groups excluding carboxylic acids is 1. The van der Waals surface area contributed by atoms with Crippen molar-refractivity contribution in [2.75, 3.05) is 19.7 Å². The molecule has 0 radical (unpaired) electrons. The van der Waals surface area contributed by atoms with Crippen LogP contribution in [0.4, 0.5) is 4.39 Å². The second-order valence-electron chi connectivity index (χ2n) is 6.52. The molecule has 2 aliphatic heterocycles. The number of piperidine rings is 1. The molecule has 6 heteroatoms. The molecule has 3 rings (SSSR count). The van der Waals surface area contributed by atoms with Crippen LogP contribution in [0.1, 0.15) is 24.8 Å². The summed E-state index contributed by atoms with van der Waals surface area (Å²) in [4.78, 5) is 14.1. The van der Waals surface area contributed by atoms with Gasteiger partial charge in [-0.2, -0.15) is 0 Å². The molecule has 0 aromatic heterocycles. The summed E-state index contributed by atoms with van der Waals surface area (Å²) in [6, 6.07) is 6.09. The van der Waals surface area contributed by atoms with Crippen LogP contribution in [0.3, 0.4) is 0 Å². The number of ether oxygens (including phenoxy) is 1. The van der Waals surface area contributed by atoms with Crippen molar-refractivity contribution in [2.45, 2.75) is 43.5 Å². The molecule has 0 unspecified atom stereocenters. The standard InChI is InChI=1S/C17H22FNO4/c18-13-3-1-2-12(8-13)9-16(22)19-6-4-17(5-7-19)10-14(20)15(21)11-23-17/h1-3,8,14-15,20-21H,4-7,9-11H2/t14-,15+/m1/s1. The molecule has 2 atom stereocenters. The number of aliphatic hydroxyl groups excluding tert-OH is 2. The molecule has 126 valence electrons. The smallest absolute Gasteiger partial charge is 0.226 e. The quantitative estimate of drug-likeness (QED) is 0.847. The van der Waals surface area contributed by atoms with Crippen LogP contribution in [0.2, 0.25) is 0 Å². The Morgan fingerprint density at radius 3 is 2.70 bits per heavy atom. The number of aliphatic hydroxyl groups is 2. The molecule has 0 bridgehead atoms. The zero-order valence-electron chi connectivity index (χ0n) is 12.9. The van der Waals surface area contributed by atoms with Gasteiger partial charge in [0.1, 0.15) is 11.9 Å². The average molecular weight is 323 g/mol. The first kappa shape index (κ1) is 16.4. The summed E-state index contributed by atoms with van der Waals surface area (Å²) < 4.78 is 18.9. The maximum atomic E-state index is 13.2. The summed E-state index contributed by atoms with van der Waals surface area (Å²) in [5.74, 6) is -0.363. The van der Waals surface area contributed by atoms with Crippen LogP contribution in [0.25, 0.3) is 0 Å². The highest BCUT2D eigenvalue weighted by Gasteiger charge is 2.43. The van der Waals surface area contributed by atoms with E-state index in [-0.39, 0.29) is 24.8 Å². The number of hydrogen-bond acceptors (Lipinski definition) is 4. The SMILES string of the molecule is O=C(Cc1cccc(F)c1)N1CCC2(CC1)C[C@@H](O)[C@@H](O)CO2.